The van der Waals surface area contributed by atoms with E-state index in [1.165, 1.54) is 6.07 Å². The second-order valence-electron chi connectivity index (χ2n) is 4.73. The van der Waals surface area contributed by atoms with Gasteiger partial charge in [0, 0.05) is 22.8 Å². The molecular weight excluding hydrogens is 275 g/mol. The molecule has 2 rings (SSSR count). The number of aromatic nitrogens is 1. The molecule has 1 N–H and O–H groups in total. The minimum Gasteiger partial charge on any atom is -0.309 e. The second-order valence-corrected chi connectivity index (χ2v) is 5.14. The van der Waals surface area contributed by atoms with E-state index in [9.17, 15) is 4.39 Å². The van der Waals surface area contributed by atoms with Crippen LogP contribution in [0.1, 0.15) is 30.6 Å². The Morgan fingerprint density at radius 2 is 2.10 bits per heavy atom. The van der Waals surface area contributed by atoms with Gasteiger partial charge in [0.1, 0.15) is 5.82 Å². The van der Waals surface area contributed by atoms with Gasteiger partial charge in [-0.1, -0.05) is 23.7 Å². The van der Waals surface area contributed by atoms with Crippen LogP contribution in [0, 0.1) is 5.82 Å². The fourth-order valence-corrected chi connectivity index (χ4v) is 2.35. The quantitative estimate of drug-likeness (QED) is 0.809. The molecule has 0 radical (unpaired) electrons. The van der Waals surface area contributed by atoms with E-state index >= 15 is 0 Å². The molecule has 4 heteroatoms. The van der Waals surface area contributed by atoms with Crippen LogP contribution in [-0.4, -0.2) is 11.5 Å². The highest BCUT2D eigenvalue weighted by Gasteiger charge is 2.08. The molecule has 2 nitrogen and oxygen atoms in total. The minimum atomic E-state index is -0.227. The van der Waals surface area contributed by atoms with Crippen LogP contribution >= 0.6 is 11.6 Å². The third-order valence-electron chi connectivity index (χ3n) is 3.25. The van der Waals surface area contributed by atoms with Crippen molar-refractivity contribution < 1.29 is 4.39 Å². The Morgan fingerprint density at radius 3 is 2.80 bits per heavy atom. The van der Waals surface area contributed by atoms with E-state index in [2.05, 4.69) is 17.2 Å². The average Bonchev–Trinajstić information content (AvgIpc) is 2.46. The zero-order valence-corrected chi connectivity index (χ0v) is 12.2. The Hall–Kier alpha value is -1.45. The van der Waals surface area contributed by atoms with Crippen LogP contribution in [0.2, 0.25) is 5.02 Å². The molecule has 0 aliphatic carbocycles. The fourth-order valence-electron chi connectivity index (χ4n) is 2.09. The summed E-state index contributed by atoms with van der Waals surface area (Å²) in [6, 6.07) is 10.9. The average molecular weight is 293 g/mol. The molecule has 1 heterocycles. The topological polar surface area (TPSA) is 24.9 Å². The maximum absolute atomic E-state index is 13.6. The second kappa shape index (κ2) is 7.36. The number of rotatable bonds is 6. The molecule has 0 saturated carbocycles. The first-order chi connectivity index (χ1) is 9.68. The van der Waals surface area contributed by atoms with Crippen molar-refractivity contribution in [2.45, 2.75) is 25.8 Å². The van der Waals surface area contributed by atoms with Crippen molar-refractivity contribution >= 4 is 11.6 Å². The van der Waals surface area contributed by atoms with Gasteiger partial charge in [-0.2, -0.15) is 0 Å². The third-order valence-corrected chi connectivity index (χ3v) is 3.60. The van der Waals surface area contributed by atoms with Gasteiger partial charge in [0.15, 0.2) is 0 Å². The van der Waals surface area contributed by atoms with Crippen molar-refractivity contribution in [3.8, 4) is 0 Å². The Bertz CT molecular complexity index is 525. The van der Waals surface area contributed by atoms with Crippen LogP contribution in [-0.2, 0) is 6.42 Å². The smallest absolute Gasteiger partial charge is 0.127 e. The van der Waals surface area contributed by atoms with Gasteiger partial charge in [-0.25, -0.2) is 4.39 Å². The SMILES string of the molecule is CC(NCCCc1c(F)cccc1Cl)c1ccccn1. The molecule has 0 aliphatic rings. The van der Waals surface area contributed by atoms with Gasteiger partial charge >= 0.3 is 0 Å². The van der Waals surface area contributed by atoms with Gasteiger partial charge in [-0.15, -0.1) is 0 Å². The number of benzene rings is 1. The summed E-state index contributed by atoms with van der Waals surface area (Å²) >= 11 is 6.00. The summed E-state index contributed by atoms with van der Waals surface area (Å²) in [5.74, 6) is -0.227. The lowest BCUT2D eigenvalue weighted by Crippen LogP contribution is -2.21. The lowest BCUT2D eigenvalue weighted by molar-refractivity contribution is 0.540. The van der Waals surface area contributed by atoms with Crippen molar-refractivity contribution in [2.75, 3.05) is 6.54 Å². The summed E-state index contributed by atoms with van der Waals surface area (Å²) in [6.07, 6.45) is 3.25. The van der Waals surface area contributed by atoms with Crippen LogP contribution < -0.4 is 5.32 Å². The number of halogens is 2. The summed E-state index contributed by atoms with van der Waals surface area (Å²) in [5, 5.41) is 3.88. The van der Waals surface area contributed by atoms with Gasteiger partial charge in [0.05, 0.1) is 5.69 Å². The van der Waals surface area contributed by atoms with Gasteiger partial charge in [-0.05, 0) is 50.6 Å². The zero-order chi connectivity index (χ0) is 14.4. The van der Waals surface area contributed by atoms with Crippen LogP contribution in [0.5, 0.6) is 0 Å². The van der Waals surface area contributed by atoms with Crippen molar-refractivity contribution in [2.24, 2.45) is 0 Å². The summed E-state index contributed by atoms with van der Waals surface area (Å²) in [4.78, 5) is 4.30. The highest BCUT2D eigenvalue weighted by molar-refractivity contribution is 6.31. The molecule has 20 heavy (non-hydrogen) atoms. The standard InChI is InChI=1S/C16H18ClFN2/c1-12(16-9-2-3-10-20-16)19-11-5-6-13-14(17)7-4-8-15(13)18/h2-4,7-10,12,19H,5-6,11H2,1H3. The van der Waals surface area contributed by atoms with Gasteiger partial charge < -0.3 is 5.32 Å². The number of hydrogen-bond acceptors (Lipinski definition) is 2. The molecule has 0 bridgehead atoms. The van der Waals surface area contributed by atoms with E-state index in [0.717, 1.165) is 18.7 Å². The minimum absolute atomic E-state index is 0.187. The highest BCUT2D eigenvalue weighted by atomic mass is 35.5. The molecule has 0 fully saturated rings. The molecule has 0 saturated heterocycles. The molecule has 0 aliphatic heterocycles. The Morgan fingerprint density at radius 1 is 1.25 bits per heavy atom. The highest BCUT2D eigenvalue weighted by Crippen LogP contribution is 2.20. The number of nitrogens with zero attached hydrogens (tertiary/aromatic N) is 1. The molecule has 1 aromatic carbocycles. The van der Waals surface area contributed by atoms with E-state index in [-0.39, 0.29) is 11.9 Å². The lowest BCUT2D eigenvalue weighted by atomic mass is 10.1. The van der Waals surface area contributed by atoms with Crippen LogP contribution in [0.25, 0.3) is 0 Å². The summed E-state index contributed by atoms with van der Waals surface area (Å²) in [7, 11) is 0. The van der Waals surface area contributed by atoms with Crippen molar-refractivity contribution in [1.82, 2.24) is 10.3 Å². The van der Waals surface area contributed by atoms with Crippen molar-refractivity contribution in [1.29, 1.82) is 0 Å². The summed E-state index contributed by atoms with van der Waals surface area (Å²) in [5.41, 5.74) is 1.61. The first-order valence-corrected chi connectivity index (χ1v) is 7.13. The van der Waals surface area contributed by atoms with Gasteiger partial charge in [0.25, 0.3) is 0 Å². The maximum atomic E-state index is 13.6. The molecule has 2 aromatic rings. The van der Waals surface area contributed by atoms with E-state index in [4.69, 9.17) is 11.6 Å². The number of hydrogen-bond donors (Lipinski definition) is 1. The molecule has 1 aromatic heterocycles. The Balaban J connectivity index is 1.80. The first-order valence-electron chi connectivity index (χ1n) is 6.75. The number of pyridine rings is 1. The third kappa shape index (κ3) is 4.02. The lowest BCUT2D eigenvalue weighted by Gasteiger charge is -2.13. The summed E-state index contributed by atoms with van der Waals surface area (Å²) in [6.45, 7) is 2.86. The zero-order valence-electron chi connectivity index (χ0n) is 11.4. The maximum Gasteiger partial charge on any atom is 0.127 e. The van der Waals surface area contributed by atoms with E-state index < -0.39 is 0 Å². The predicted octanol–water partition coefficient (Wildman–Crippen LogP) is 4.16. The fraction of sp³-hybridized carbons (Fsp3) is 0.312. The van der Waals surface area contributed by atoms with Gasteiger partial charge in [0.2, 0.25) is 0 Å². The molecule has 0 amide bonds. The molecule has 1 unspecified atom stereocenters. The van der Waals surface area contributed by atoms with Crippen LogP contribution in [0.3, 0.4) is 0 Å². The van der Waals surface area contributed by atoms with Crippen LogP contribution in [0.15, 0.2) is 42.6 Å². The normalized spacial score (nSPS) is 12.3. The van der Waals surface area contributed by atoms with E-state index in [0.29, 0.717) is 17.0 Å². The molecule has 1 atom stereocenters. The van der Waals surface area contributed by atoms with Crippen molar-refractivity contribution in [3.63, 3.8) is 0 Å². The number of nitrogens with one attached hydrogen (secondary N) is 1. The predicted molar refractivity (Wildman–Crippen MR) is 80.4 cm³/mol. The Labute approximate surface area is 124 Å². The Kier molecular flexibility index (Phi) is 5.50. The van der Waals surface area contributed by atoms with E-state index in [1.807, 2.05) is 18.2 Å². The molecule has 0 spiro atoms. The molecule has 106 valence electrons. The van der Waals surface area contributed by atoms with E-state index in [1.54, 1.807) is 18.3 Å². The summed E-state index contributed by atoms with van der Waals surface area (Å²) < 4.78 is 13.6. The van der Waals surface area contributed by atoms with Crippen molar-refractivity contribution in [3.05, 3.63) is 64.7 Å². The van der Waals surface area contributed by atoms with Gasteiger partial charge in [-0.3, -0.25) is 4.98 Å². The first kappa shape index (κ1) is 14.9. The molecular formula is C16H18ClFN2. The monoisotopic (exact) mass is 292 g/mol. The largest absolute Gasteiger partial charge is 0.309 e. The van der Waals surface area contributed by atoms with Crippen LogP contribution in [0.4, 0.5) is 4.39 Å².